The summed E-state index contributed by atoms with van der Waals surface area (Å²) in [6.07, 6.45) is -1.68. The molecule has 1 spiro atoms. The lowest BCUT2D eigenvalue weighted by Gasteiger charge is -2.40. The van der Waals surface area contributed by atoms with Crippen LogP contribution in [-0.2, 0) is 25.3 Å². The molecule has 158 valence electrons. The van der Waals surface area contributed by atoms with Gasteiger partial charge in [-0.2, -0.15) is 13.2 Å². The minimum Gasteiger partial charge on any atom is -0.468 e. The maximum Gasteiger partial charge on any atom is 0.416 e. The van der Waals surface area contributed by atoms with Gasteiger partial charge in [0.1, 0.15) is 12.1 Å². The number of methoxy groups -OCH3 is 1. The van der Waals surface area contributed by atoms with Crippen molar-refractivity contribution in [2.24, 2.45) is 0 Å². The van der Waals surface area contributed by atoms with Gasteiger partial charge >= 0.3 is 12.1 Å². The molecule has 0 bridgehead atoms. The van der Waals surface area contributed by atoms with E-state index in [1.165, 1.54) is 24.2 Å². The first-order valence-electron chi connectivity index (χ1n) is 8.99. The summed E-state index contributed by atoms with van der Waals surface area (Å²) in [6.45, 7) is 5.82. The standard InChI is InChI=1S/C12H16N2O4.C8H7F3/c1-3-9(15)14-7-6-13(8-10(16)18-2)11(17)12(14)4-5-12;1-6-3-2-4-7(5-6)8(9,10)11/h3H,1,4-8H2,2H3;2-5H,1H3. The molecule has 1 aromatic rings. The van der Waals surface area contributed by atoms with E-state index in [1.54, 1.807) is 17.9 Å². The zero-order chi connectivity index (χ0) is 21.8. The molecule has 2 amide bonds. The number of rotatable bonds is 3. The summed E-state index contributed by atoms with van der Waals surface area (Å²) in [7, 11) is 1.29. The van der Waals surface area contributed by atoms with Gasteiger partial charge in [0.25, 0.3) is 0 Å². The van der Waals surface area contributed by atoms with Crippen molar-refractivity contribution in [2.45, 2.75) is 31.5 Å². The van der Waals surface area contributed by atoms with E-state index in [9.17, 15) is 27.6 Å². The molecule has 3 rings (SSSR count). The molecule has 1 saturated carbocycles. The molecule has 9 heteroatoms. The van der Waals surface area contributed by atoms with Crippen molar-refractivity contribution >= 4 is 17.8 Å². The van der Waals surface area contributed by atoms with Gasteiger partial charge in [-0.15, -0.1) is 0 Å². The summed E-state index contributed by atoms with van der Waals surface area (Å²) in [6, 6.07) is 5.22. The lowest BCUT2D eigenvalue weighted by Crippen LogP contribution is -2.61. The third-order valence-electron chi connectivity index (χ3n) is 4.85. The number of ether oxygens (including phenoxy) is 1. The Balaban J connectivity index is 0.000000234. The van der Waals surface area contributed by atoms with Crippen LogP contribution in [0.2, 0.25) is 0 Å². The summed E-state index contributed by atoms with van der Waals surface area (Å²) in [5.41, 5.74) is -0.685. The SMILES string of the molecule is C=CC(=O)N1CCN(CC(=O)OC)C(=O)C12CC2.Cc1cccc(C(F)(F)F)c1. The number of benzene rings is 1. The Bertz CT molecular complexity index is 803. The van der Waals surface area contributed by atoms with Crippen molar-refractivity contribution in [1.82, 2.24) is 9.80 Å². The first-order valence-corrected chi connectivity index (χ1v) is 8.99. The van der Waals surface area contributed by atoms with Gasteiger partial charge in [-0.1, -0.05) is 30.3 Å². The summed E-state index contributed by atoms with van der Waals surface area (Å²) in [5, 5.41) is 0. The Kier molecular flexibility index (Phi) is 6.71. The van der Waals surface area contributed by atoms with Crippen molar-refractivity contribution in [3.8, 4) is 0 Å². The molecule has 1 heterocycles. The number of esters is 1. The van der Waals surface area contributed by atoms with Gasteiger partial charge in [0.05, 0.1) is 12.7 Å². The predicted octanol–water partition coefficient (Wildman–Crippen LogP) is 2.56. The lowest BCUT2D eigenvalue weighted by atomic mass is 10.1. The van der Waals surface area contributed by atoms with Crippen LogP contribution in [0, 0.1) is 6.92 Å². The molecule has 0 N–H and O–H groups in total. The molecule has 0 atom stereocenters. The van der Waals surface area contributed by atoms with E-state index in [0.29, 0.717) is 31.5 Å². The molecule has 6 nitrogen and oxygen atoms in total. The van der Waals surface area contributed by atoms with Gasteiger partial charge in [-0.3, -0.25) is 14.4 Å². The van der Waals surface area contributed by atoms with Crippen molar-refractivity contribution < 1.29 is 32.3 Å². The molecule has 1 saturated heterocycles. The van der Waals surface area contributed by atoms with Gasteiger partial charge < -0.3 is 14.5 Å². The summed E-state index contributed by atoms with van der Waals surface area (Å²) < 4.78 is 40.5. The highest BCUT2D eigenvalue weighted by molar-refractivity contribution is 5.99. The molecule has 0 unspecified atom stereocenters. The molecule has 29 heavy (non-hydrogen) atoms. The van der Waals surface area contributed by atoms with Gasteiger partial charge in [0.2, 0.25) is 11.8 Å². The predicted molar refractivity (Wildman–Crippen MR) is 98.7 cm³/mol. The number of halogens is 3. The van der Waals surface area contributed by atoms with E-state index >= 15 is 0 Å². The van der Waals surface area contributed by atoms with E-state index in [-0.39, 0.29) is 18.4 Å². The Labute approximate surface area is 166 Å². The second-order valence-corrected chi connectivity index (χ2v) is 6.90. The van der Waals surface area contributed by atoms with Gasteiger partial charge in [0, 0.05) is 13.1 Å². The normalized spacial score (nSPS) is 17.3. The molecular weight excluding hydrogens is 389 g/mol. The molecule has 2 fully saturated rings. The molecule has 0 aromatic heterocycles. The van der Waals surface area contributed by atoms with E-state index in [0.717, 1.165) is 12.1 Å². The fraction of sp³-hybridized carbons (Fsp3) is 0.450. The van der Waals surface area contributed by atoms with Gasteiger partial charge in [0.15, 0.2) is 0 Å². The maximum absolute atomic E-state index is 12.3. The monoisotopic (exact) mass is 412 g/mol. The average Bonchev–Trinajstić information content (AvgIpc) is 3.46. The number of carbonyl (C=O) groups is 3. The quantitative estimate of drug-likeness (QED) is 0.565. The van der Waals surface area contributed by atoms with Crippen LogP contribution in [0.5, 0.6) is 0 Å². The molecular formula is C20H23F3N2O4. The largest absolute Gasteiger partial charge is 0.468 e. The third-order valence-corrected chi connectivity index (χ3v) is 4.85. The van der Waals surface area contributed by atoms with Crippen molar-refractivity contribution in [3.05, 3.63) is 48.0 Å². The van der Waals surface area contributed by atoms with E-state index in [1.807, 2.05) is 0 Å². The summed E-state index contributed by atoms with van der Waals surface area (Å²) >= 11 is 0. The zero-order valence-electron chi connectivity index (χ0n) is 16.3. The molecule has 1 aliphatic carbocycles. The van der Waals surface area contributed by atoms with Crippen molar-refractivity contribution in [1.29, 1.82) is 0 Å². The smallest absolute Gasteiger partial charge is 0.416 e. The molecule has 1 aromatic carbocycles. The van der Waals surface area contributed by atoms with E-state index < -0.39 is 23.2 Å². The average molecular weight is 412 g/mol. The van der Waals surface area contributed by atoms with Crippen LogP contribution >= 0.6 is 0 Å². The topological polar surface area (TPSA) is 66.9 Å². The first-order chi connectivity index (χ1) is 13.5. The number of aryl methyl sites for hydroxylation is 1. The summed E-state index contributed by atoms with van der Waals surface area (Å²) in [5.74, 6) is -0.824. The van der Waals surface area contributed by atoms with Gasteiger partial charge in [-0.25, -0.2) is 0 Å². The number of alkyl halides is 3. The second-order valence-electron chi connectivity index (χ2n) is 6.90. The van der Waals surface area contributed by atoms with Crippen molar-refractivity contribution in [3.63, 3.8) is 0 Å². The fourth-order valence-electron chi connectivity index (χ4n) is 3.17. The Morgan fingerprint density at radius 2 is 1.93 bits per heavy atom. The van der Waals surface area contributed by atoms with Crippen LogP contribution in [0.1, 0.15) is 24.0 Å². The van der Waals surface area contributed by atoms with Crippen LogP contribution in [0.15, 0.2) is 36.9 Å². The minimum atomic E-state index is -4.22. The fourth-order valence-corrected chi connectivity index (χ4v) is 3.17. The highest BCUT2D eigenvalue weighted by Gasteiger charge is 2.59. The van der Waals surface area contributed by atoms with E-state index in [4.69, 9.17) is 0 Å². The van der Waals surface area contributed by atoms with Gasteiger partial charge in [-0.05, 0) is 31.9 Å². The van der Waals surface area contributed by atoms with Crippen LogP contribution in [0.4, 0.5) is 13.2 Å². The molecule has 0 radical (unpaired) electrons. The zero-order valence-corrected chi connectivity index (χ0v) is 16.3. The number of carbonyl (C=O) groups excluding carboxylic acids is 3. The Hall–Kier alpha value is -2.84. The minimum absolute atomic E-state index is 0.0484. The number of hydrogen-bond donors (Lipinski definition) is 0. The van der Waals surface area contributed by atoms with Crippen LogP contribution in [0.25, 0.3) is 0 Å². The van der Waals surface area contributed by atoms with Crippen LogP contribution in [0.3, 0.4) is 0 Å². The highest BCUT2D eigenvalue weighted by Crippen LogP contribution is 2.45. The number of amides is 2. The number of hydrogen-bond acceptors (Lipinski definition) is 4. The number of piperazine rings is 1. The summed E-state index contributed by atoms with van der Waals surface area (Å²) in [4.78, 5) is 38.2. The lowest BCUT2D eigenvalue weighted by molar-refractivity contribution is -0.156. The first kappa shape index (κ1) is 22.4. The molecule has 2 aliphatic rings. The maximum atomic E-state index is 12.3. The Morgan fingerprint density at radius 3 is 2.38 bits per heavy atom. The third kappa shape index (κ3) is 5.16. The van der Waals surface area contributed by atoms with Crippen molar-refractivity contribution in [2.75, 3.05) is 26.7 Å². The second kappa shape index (κ2) is 8.67. The van der Waals surface area contributed by atoms with E-state index in [2.05, 4.69) is 11.3 Å². The highest BCUT2D eigenvalue weighted by atomic mass is 19.4. The van der Waals surface area contributed by atoms with Crippen LogP contribution in [-0.4, -0.2) is 59.9 Å². The Morgan fingerprint density at radius 1 is 1.28 bits per heavy atom. The number of nitrogens with zero attached hydrogens (tertiary/aromatic N) is 2. The van der Waals surface area contributed by atoms with Crippen LogP contribution < -0.4 is 0 Å². The molecule has 1 aliphatic heterocycles.